The zero-order chi connectivity index (χ0) is 13.0. The van der Waals surface area contributed by atoms with E-state index in [0.717, 1.165) is 24.3 Å². The first-order chi connectivity index (χ1) is 8.66. The molecule has 2 rings (SSSR count). The zero-order valence-electron chi connectivity index (χ0n) is 10.5. The Morgan fingerprint density at radius 3 is 2.17 bits per heavy atom. The molecule has 3 heteroatoms. The van der Waals surface area contributed by atoms with E-state index in [-0.39, 0.29) is 5.56 Å². The molecule has 1 atom stereocenters. The summed E-state index contributed by atoms with van der Waals surface area (Å²) in [7, 11) is 0. The topological polar surface area (TPSA) is 20.2 Å². The average molecular weight is 254 g/mol. The smallest absolute Gasteiger partial charge is 0.263 e. The average Bonchev–Trinajstić information content (AvgIpc) is 2.89. The molecule has 0 aromatic heterocycles. The molecule has 100 valence electrons. The van der Waals surface area contributed by atoms with E-state index in [1.807, 2.05) is 0 Å². The van der Waals surface area contributed by atoms with Crippen molar-refractivity contribution in [2.24, 2.45) is 5.92 Å². The van der Waals surface area contributed by atoms with Gasteiger partial charge in [-0.15, -0.1) is 0 Å². The van der Waals surface area contributed by atoms with Crippen molar-refractivity contribution in [3.05, 3.63) is 35.4 Å². The van der Waals surface area contributed by atoms with Crippen LogP contribution < -0.4 is 0 Å². The van der Waals surface area contributed by atoms with Gasteiger partial charge in [-0.25, -0.2) is 8.78 Å². The maximum absolute atomic E-state index is 12.4. The van der Waals surface area contributed by atoms with E-state index in [9.17, 15) is 13.9 Å². The van der Waals surface area contributed by atoms with Gasteiger partial charge >= 0.3 is 0 Å². The van der Waals surface area contributed by atoms with Gasteiger partial charge in [0.1, 0.15) is 0 Å². The molecule has 0 bridgehead atoms. The molecule has 1 nitrogen and oxygen atoms in total. The van der Waals surface area contributed by atoms with Crippen LogP contribution in [0.4, 0.5) is 8.78 Å². The first-order valence-corrected chi connectivity index (χ1v) is 6.73. The van der Waals surface area contributed by atoms with Crippen LogP contribution in [0, 0.1) is 5.92 Å². The lowest BCUT2D eigenvalue weighted by Gasteiger charge is -2.14. The Bertz CT molecular complexity index is 355. The Morgan fingerprint density at radius 1 is 1.06 bits per heavy atom. The van der Waals surface area contributed by atoms with Crippen LogP contribution in [0.3, 0.4) is 0 Å². The highest BCUT2D eigenvalue weighted by Gasteiger charge is 2.17. The second-order valence-corrected chi connectivity index (χ2v) is 5.21. The lowest BCUT2D eigenvalue weighted by molar-refractivity contribution is 0.149. The molecule has 18 heavy (non-hydrogen) atoms. The number of hydrogen-bond acceptors (Lipinski definition) is 1. The molecule has 1 aliphatic carbocycles. The molecule has 1 N–H and O–H groups in total. The largest absolute Gasteiger partial charge is 0.388 e. The highest BCUT2D eigenvalue weighted by molar-refractivity contribution is 5.24. The number of alkyl halides is 2. The minimum atomic E-state index is -2.44. The van der Waals surface area contributed by atoms with E-state index >= 15 is 0 Å². The normalized spacial score (nSPS) is 18.4. The van der Waals surface area contributed by atoms with Gasteiger partial charge in [0.15, 0.2) is 0 Å². The molecule has 0 aliphatic heterocycles. The van der Waals surface area contributed by atoms with Crippen molar-refractivity contribution in [3.8, 4) is 0 Å². The van der Waals surface area contributed by atoms with Crippen LogP contribution in [0.15, 0.2) is 24.3 Å². The molecule has 1 saturated carbocycles. The van der Waals surface area contributed by atoms with Gasteiger partial charge in [0.25, 0.3) is 6.43 Å². The molecule has 0 heterocycles. The predicted octanol–water partition coefficient (Wildman–Crippen LogP) is 4.63. The second kappa shape index (κ2) is 6.28. The first kappa shape index (κ1) is 13.5. The summed E-state index contributed by atoms with van der Waals surface area (Å²) in [5.41, 5.74) is 0.763. The monoisotopic (exact) mass is 254 g/mol. The highest BCUT2D eigenvalue weighted by atomic mass is 19.3. The summed E-state index contributed by atoms with van der Waals surface area (Å²) in [6.07, 6.45) is 3.99. The van der Waals surface area contributed by atoms with Gasteiger partial charge in [0, 0.05) is 5.56 Å². The second-order valence-electron chi connectivity index (χ2n) is 5.21. The lowest BCUT2D eigenvalue weighted by atomic mass is 9.96. The first-order valence-electron chi connectivity index (χ1n) is 6.73. The van der Waals surface area contributed by atoms with Crippen molar-refractivity contribution in [3.63, 3.8) is 0 Å². The van der Waals surface area contributed by atoms with Crippen LogP contribution in [0.5, 0.6) is 0 Å². The summed E-state index contributed by atoms with van der Waals surface area (Å²) >= 11 is 0. The number of rotatable bonds is 5. The van der Waals surface area contributed by atoms with Crippen molar-refractivity contribution in [2.75, 3.05) is 0 Å². The van der Waals surface area contributed by atoms with Gasteiger partial charge in [-0.1, -0.05) is 49.9 Å². The number of hydrogen-bond donors (Lipinski definition) is 1. The van der Waals surface area contributed by atoms with Gasteiger partial charge in [0.05, 0.1) is 6.10 Å². The van der Waals surface area contributed by atoms with Crippen LogP contribution >= 0.6 is 0 Å². The minimum absolute atomic E-state index is 0.0155. The van der Waals surface area contributed by atoms with Gasteiger partial charge in [-0.05, 0) is 24.3 Å². The molecule has 0 saturated heterocycles. The van der Waals surface area contributed by atoms with Crippen LogP contribution in [-0.4, -0.2) is 5.11 Å². The van der Waals surface area contributed by atoms with Crippen molar-refractivity contribution in [1.82, 2.24) is 0 Å². The Balaban J connectivity index is 1.85. The van der Waals surface area contributed by atoms with Crippen molar-refractivity contribution >= 4 is 0 Å². The molecule has 1 aromatic carbocycles. The lowest BCUT2D eigenvalue weighted by Crippen LogP contribution is -2.02. The SMILES string of the molecule is OC(CCC1CCCC1)c1ccc(C(F)F)cc1. The summed E-state index contributed by atoms with van der Waals surface area (Å²) in [6.45, 7) is 0. The van der Waals surface area contributed by atoms with E-state index in [0.29, 0.717) is 0 Å². The Labute approximate surface area is 107 Å². The quantitative estimate of drug-likeness (QED) is 0.812. The van der Waals surface area contributed by atoms with Gasteiger partial charge in [0.2, 0.25) is 0 Å². The van der Waals surface area contributed by atoms with Crippen molar-refractivity contribution in [1.29, 1.82) is 0 Å². The molecule has 0 spiro atoms. The Hall–Kier alpha value is -0.960. The number of aliphatic hydroxyl groups excluding tert-OH is 1. The molecular weight excluding hydrogens is 234 g/mol. The minimum Gasteiger partial charge on any atom is -0.388 e. The summed E-state index contributed by atoms with van der Waals surface area (Å²) in [4.78, 5) is 0. The maximum atomic E-state index is 12.4. The molecule has 1 fully saturated rings. The number of benzene rings is 1. The van der Waals surface area contributed by atoms with Crippen molar-refractivity contribution < 1.29 is 13.9 Å². The van der Waals surface area contributed by atoms with E-state index < -0.39 is 12.5 Å². The van der Waals surface area contributed by atoms with E-state index in [1.54, 1.807) is 12.1 Å². The fraction of sp³-hybridized carbons (Fsp3) is 0.600. The predicted molar refractivity (Wildman–Crippen MR) is 67.6 cm³/mol. The molecule has 1 aliphatic rings. The van der Waals surface area contributed by atoms with Gasteiger partial charge in [-0.3, -0.25) is 0 Å². The fourth-order valence-corrected chi connectivity index (χ4v) is 2.72. The highest BCUT2D eigenvalue weighted by Crippen LogP contribution is 2.31. The third kappa shape index (κ3) is 3.52. The Morgan fingerprint density at radius 2 is 1.61 bits per heavy atom. The van der Waals surface area contributed by atoms with E-state index in [2.05, 4.69) is 0 Å². The summed E-state index contributed by atoms with van der Waals surface area (Å²) in [5, 5.41) is 10.0. The van der Waals surface area contributed by atoms with E-state index in [1.165, 1.54) is 37.8 Å². The maximum Gasteiger partial charge on any atom is 0.263 e. The zero-order valence-corrected chi connectivity index (χ0v) is 10.5. The van der Waals surface area contributed by atoms with Crippen LogP contribution in [0.2, 0.25) is 0 Å². The van der Waals surface area contributed by atoms with Crippen LogP contribution in [-0.2, 0) is 0 Å². The molecule has 1 unspecified atom stereocenters. The third-order valence-corrected chi connectivity index (χ3v) is 3.90. The summed E-state index contributed by atoms with van der Waals surface area (Å²) in [5.74, 6) is 0.750. The molecule has 0 radical (unpaired) electrons. The summed E-state index contributed by atoms with van der Waals surface area (Å²) in [6, 6.07) is 6.03. The van der Waals surface area contributed by atoms with Crippen LogP contribution in [0.1, 0.15) is 62.2 Å². The Kier molecular flexibility index (Phi) is 4.70. The number of halogens is 2. The number of aliphatic hydroxyl groups is 1. The molecule has 1 aromatic rings. The third-order valence-electron chi connectivity index (χ3n) is 3.90. The van der Waals surface area contributed by atoms with E-state index in [4.69, 9.17) is 0 Å². The summed E-state index contributed by atoms with van der Waals surface area (Å²) < 4.78 is 24.8. The van der Waals surface area contributed by atoms with Gasteiger partial charge < -0.3 is 5.11 Å². The standard InChI is InChI=1S/C15H20F2O/c16-15(17)13-8-6-12(7-9-13)14(18)10-5-11-3-1-2-4-11/h6-9,11,14-15,18H,1-5,10H2. The van der Waals surface area contributed by atoms with Crippen LogP contribution in [0.25, 0.3) is 0 Å². The fourth-order valence-electron chi connectivity index (χ4n) is 2.72. The molecule has 0 amide bonds. The molecular formula is C15H20F2O. The van der Waals surface area contributed by atoms with Gasteiger partial charge in [-0.2, -0.15) is 0 Å². The van der Waals surface area contributed by atoms with Crippen molar-refractivity contribution in [2.45, 2.75) is 51.1 Å².